The van der Waals surface area contributed by atoms with E-state index in [4.69, 9.17) is 10.2 Å². The van der Waals surface area contributed by atoms with E-state index >= 15 is 0 Å². The quantitative estimate of drug-likeness (QED) is 0.0669. The van der Waals surface area contributed by atoms with Gasteiger partial charge in [0.2, 0.25) is 0 Å². The third-order valence-corrected chi connectivity index (χ3v) is 7.99. The summed E-state index contributed by atoms with van der Waals surface area (Å²) in [5.74, 6) is -1.31. The van der Waals surface area contributed by atoms with Crippen molar-refractivity contribution in [3.8, 4) is 0 Å². The maximum absolute atomic E-state index is 10.3. The van der Waals surface area contributed by atoms with Gasteiger partial charge < -0.3 is 10.2 Å². The van der Waals surface area contributed by atoms with Gasteiger partial charge in [0.1, 0.15) is 0 Å². The smallest absolute Gasteiger partial charge is 0.303 e. The van der Waals surface area contributed by atoms with E-state index in [0.29, 0.717) is 12.8 Å². The fraction of sp³-hybridized carbons (Fsp3) is 0.944. The molecule has 0 radical (unpaired) electrons. The van der Waals surface area contributed by atoms with Crippen molar-refractivity contribution in [2.24, 2.45) is 0 Å². The molecule has 0 unspecified atom stereocenters. The Morgan fingerprint density at radius 3 is 0.610 bits per heavy atom. The second-order valence-electron chi connectivity index (χ2n) is 12.2. The van der Waals surface area contributed by atoms with Crippen LogP contribution in [0.1, 0.15) is 219 Å². The Balaban J connectivity index is -0.000000688. The maximum atomic E-state index is 10.3. The zero-order valence-electron chi connectivity index (χ0n) is 27.7. The number of carbonyl (C=O) groups is 2. The third-order valence-electron chi connectivity index (χ3n) is 7.99. The van der Waals surface area contributed by atoms with E-state index in [1.54, 1.807) is 0 Å². The SMILES string of the molecule is CCCCCCCCCCCCCCCCCC(=O)O.CCCCCCCCCCCCCCCCCC(=O)O.[Pt]. The fourth-order valence-electron chi connectivity index (χ4n) is 5.30. The van der Waals surface area contributed by atoms with Crippen LogP contribution in [0.15, 0.2) is 0 Å². The molecule has 0 aliphatic carbocycles. The summed E-state index contributed by atoms with van der Waals surface area (Å²) in [6, 6.07) is 0. The van der Waals surface area contributed by atoms with Crippen LogP contribution in [0, 0.1) is 0 Å². The van der Waals surface area contributed by atoms with Gasteiger partial charge in [0.15, 0.2) is 0 Å². The summed E-state index contributed by atoms with van der Waals surface area (Å²) < 4.78 is 0. The standard InChI is InChI=1S/2C18H36O2.Pt/c2*1-2-3-4-5-6-7-8-9-10-11-12-13-14-15-16-17-18(19)20;/h2*2-17H2,1H3,(H,19,20);. The van der Waals surface area contributed by atoms with Crippen LogP contribution in [-0.4, -0.2) is 22.2 Å². The summed E-state index contributed by atoms with van der Waals surface area (Å²) in [5, 5.41) is 17.0. The summed E-state index contributed by atoms with van der Waals surface area (Å²) in [5.41, 5.74) is 0. The molecule has 0 aliphatic heterocycles. The Bertz CT molecular complexity index is 454. The molecule has 0 aromatic rings. The van der Waals surface area contributed by atoms with Crippen LogP contribution in [-0.2, 0) is 30.7 Å². The first-order valence-corrected chi connectivity index (χ1v) is 18.0. The third kappa shape index (κ3) is 49.6. The normalized spacial score (nSPS) is 10.6. The number of carboxylic acids is 2. The molecule has 0 bridgehead atoms. The number of rotatable bonds is 32. The Morgan fingerprint density at radius 2 is 0.463 bits per heavy atom. The minimum absolute atomic E-state index is 0. The van der Waals surface area contributed by atoms with Crippen molar-refractivity contribution in [3.63, 3.8) is 0 Å². The molecule has 0 fully saturated rings. The van der Waals surface area contributed by atoms with E-state index in [-0.39, 0.29) is 21.1 Å². The van der Waals surface area contributed by atoms with Crippen molar-refractivity contribution >= 4 is 11.9 Å². The minimum atomic E-state index is -0.653. The molecular formula is C36H72O4Pt. The van der Waals surface area contributed by atoms with E-state index in [9.17, 15) is 9.59 Å². The molecule has 2 N–H and O–H groups in total. The zero-order chi connectivity index (χ0) is 29.8. The van der Waals surface area contributed by atoms with E-state index in [2.05, 4.69) is 13.8 Å². The van der Waals surface area contributed by atoms with E-state index in [1.807, 2.05) is 0 Å². The fourth-order valence-corrected chi connectivity index (χ4v) is 5.30. The summed E-state index contributed by atoms with van der Waals surface area (Å²) in [4.78, 5) is 20.7. The predicted molar refractivity (Wildman–Crippen MR) is 174 cm³/mol. The number of unbranched alkanes of at least 4 members (excludes halogenated alkanes) is 28. The van der Waals surface area contributed by atoms with Crippen molar-refractivity contribution < 1.29 is 40.9 Å². The van der Waals surface area contributed by atoms with Gasteiger partial charge in [-0.3, -0.25) is 9.59 Å². The predicted octanol–water partition coefficient (Wildman–Crippen LogP) is 12.7. The molecule has 0 aromatic carbocycles. The van der Waals surface area contributed by atoms with Crippen LogP contribution < -0.4 is 0 Å². The average molecular weight is 764 g/mol. The summed E-state index contributed by atoms with van der Waals surface area (Å²) in [7, 11) is 0. The van der Waals surface area contributed by atoms with Crippen LogP contribution in [0.4, 0.5) is 0 Å². The van der Waals surface area contributed by atoms with E-state index < -0.39 is 11.9 Å². The second kappa shape index (κ2) is 41.8. The monoisotopic (exact) mass is 764 g/mol. The number of carboxylic acid groups (broad SMARTS) is 2. The van der Waals surface area contributed by atoms with Crippen LogP contribution in [0.3, 0.4) is 0 Å². The van der Waals surface area contributed by atoms with Gasteiger partial charge in [0, 0.05) is 33.9 Å². The summed E-state index contributed by atoms with van der Waals surface area (Å²) in [6.45, 7) is 4.54. The molecule has 0 atom stereocenters. The second-order valence-corrected chi connectivity index (χ2v) is 12.2. The Hall–Kier alpha value is -0.372. The molecule has 0 saturated carbocycles. The molecule has 0 spiro atoms. The Kier molecular flexibility index (Phi) is 45.9. The first-order valence-electron chi connectivity index (χ1n) is 18.0. The number of hydrogen-bond acceptors (Lipinski definition) is 2. The van der Waals surface area contributed by atoms with Crippen LogP contribution in [0.25, 0.3) is 0 Å². The molecule has 0 amide bonds. The molecule has 0 saturated heterocycles. The van der Waals surface area contributed by atoms with Crippen molar-refractivity contribution in [1.82, 2.24) is 0 Å². The molecular weight excluding hydrogens is 691 g/mol. The first-order chi connectivity index (χ1) is 19.5. The van der Waals surface area contributed by atoms with Gasteiger partial charge in [-0.25, -0.2) is 0 Å². The first kappa shape index (κ1) is 45.1. The van der Waals surface area contributed by atoms with Gasteiger partial charge >= 0.3 is 11.9 Å². The minimum Gasteiger partial charge on any atom is -0.481 e. The number of hydrogen-bond donors (Lipinski definition) is 2. The van der Waals surface area contributed by atoms with Gasteiger partial charge in [-0.15, -0.1) is 0 Å². The molecule has 5 heteroatoms. The van der Waals surface area contributed by atoms with Crippen molar-refractivity contribution in [2.75, 3.05) is 0 Å². The largest absolute Gasteiger partial charge is 0.481 e. The molecule has 4 nitrogen and oxygen atoms in total. The average Bonchev–Trinajstić information content (AvgIpc) is 2.93. The van der Waals surface area contributed by atoms with Crippen molar-refractivity contribution in [2.45, 2.75) is 219 Å². The van der Waals surface area contributed by atoms with Gasteiger partial charge in [0.25, 0.3) is 0 Å². The van der Waals surface area contributed by atoms with Gasteiger partial charge in [0.05, 0.1) is 0 Å². The maximum Gasteiger partial charge on any atom is 0.303 e. The van der Waals surface area contributed by atoms with Gasteiger partial charge in [-0.05, 0) is 12.8 Å². The topological polar surface area (TPSA) is 74.6 Å². The zero-order valence-corrected chi connectivity index (χ0v) is 29.9. The Labute approximate surface area is 271 Å². The molecule has 0 heterocycles. The molecule has 0 aromatic heterocycles. The van der Waals surface area contributed by atoms with Gasteiger partial charge in [-0.1, -0.05) is 194 Å². The summed E-state index contributed by atoms with van der Waals surface area (Å²) in [6.07, 6.45) is 40.4. The van der Waals surface area contributed by atoms with Crippen LogP contribution >= 0.6 is 0 Å². The molecule has 41 heavy (non-hydrogen) atoms. The summed E-state index contributed by atoms with van der Waals surface area (Å²) >= 11 is 0. The Morgan fingerprint density at radius 1 is 0.317 bits per heavy atom. The molecule has 250 valence electrons. The van der Waals surface area contributed by atoms with Crippen molar-refractivity contribution in [3.05, 3.63) is 0 Å². The van der Waals surface area contributed by atoms with Crippen molar-refractivity contribution in [1.29, 1.82) is 0 Å². The van der Waals surface area contributed by atoms with E-state index in [0.717, 1.165) is 25.7 Å². The van der Waals surface area contributed by atoms with Crippen LogP contribution in [0.2, 0.25) is 0 Å². The van der Waals surface area contributed by atoms with Crippen LogP contribution in [0.5, 0.6) is 0 Å². The van der Waals surface area contributed by atoms with E-state index in [1.165, 1.54) is 167 Å². The molecule has 0 rings (SSSR count). The number of aliphatic carboxylic acids is 2. The van der Waals surface area contributed by atoms with Gasteiger partial charge in [-0.2, -0.15) is 0 Å². The molecule has 0 aliphatic rings.